The summed E-state index contributed by atoms with van der Waals surface area (Å²) in [6.45, 7) is 5.05. The average Bonchev–Trinajstić information content (AvgIpc) is 2.53. The Hall–Kier alpha value is -1.19. The van der Waals surface area contributed by atoms with Crippen LogP contribution in [0, 0.1) is 5.92 Å². The molecule has 2 N–H and O–H groups in total. The van der Waals surface area contributed by atoms with Crippen LogP contribution in [0.3, 0.4) is 0 Å². The van der Waals surface area contributed by atoms with Crippen molar-refractivity contribution in [1.29, 1.82) is 0 Å². The van der Waals surface area contributed by atoms with Gasteiger partial charge in [0.2, 0.25) is 21.8 Å². The molecule has 23 heavy (non-hydrogen) atoms. The number of carbonyl (C=O) groups excluding carboxylic acids is 2. The van der Waals surface area contributed by atoms with E-state index in [2.05, 4.69) is 0 Å². The van der Waals surface area contributed by atoms with E-state index >= 15 is 0 Å². The molecule has 2 aliphatic rings. The Kier molecular flexibility index (Phi) is 5.64. The van der Waals surface area contributed by atoms with Gasteiger partial charge in [-0.2, -0.15) is 0 Å². The number of piperidine rings is 1. The van der Waals surface area contributed by atoms with E-state index in [0.717, 1.165) is 0 Å². The Bertz CT molecular complexity index is 549. The molecule has 2 rings (SSSR count). The summed E-state index contributed by atoms with van der Waals surface area (Å²) < 4.78 is 24.4. The minimum absolute atomic E-state index is 0.101. The van der Waals surface area contributed by atoms with Gasteiger partial charge in [0.05, 0.1) is 12.3 Å². The fourth-order valence-corrected chi connectivity index (χ4v) is 4.08. The number of sulfonamides is 1. The summed E-state index contributed by atoms with van der Waals surface area (Å²) in [6.07, 6.45) is 2.35. The highest BCUT2D eigenvalue weighted by molar-refractivity contribution is 7.88. The van der Waals surface area contributed by atoms with Crippen molar-refractivity contribution in [2.75, 3.05) is 45.5 Å². The van der Waals surface area contributed by atoms with Crippen molar-refractivity contribution in [3.8, 4) is 0 Å². The highest BCUT2D eigenvalue weighted by Crippen LogP contribution is 2.22. The predicted molar refractivity (Wildman–Crippen MR) is 86.0 cm³/mol. The van der Waals surface area contributed by atoms with Crippen molar-refractivity contribution in [1.82, 2.24) is 14.1 Å². The van der Waals surface area contributed by atoms with E-state index in [1.165, 1.54) is 10.6 Å². The molecule has 2 saturated heterocycles. The van der Waals surface area contributed by atoms with E-state index in [4.69, 9.17) is 5.73 Å². The van der Waals surface area contributed by atoms with Gasteiger partial charge in [-0.3, -0.25) is 14.5 Å². The lowest BCUT2D eigenvalue weighted by Gasteiger charge is -2.39. The van der Waals surface area contributed by atoms with Crippen molar-refractivity contribution < 1.29 is 18.0 Å². The first-order valence-electron chi connectivity index (χ1n) is 7.97. The summed E-state index contributed by atoms with van der Waals surface area (Å²) in [6, 6.07) is -0.315. The maximum absolute atomic E-state index is 12.6. The van der Waals surface area contributed by atoms with Crippen molar-refractivity contribution >= 4 is 21.8 Å². The number of piperazine rings is 1. The van der Waals surface area contributed by atoms with Crippen LogP contribution in [0.5, 0.6) is 0 Å². The second-order valence-corrected chi connectivity index (χ2v) is 8.36. The molecule has 2 aliphatic heterocycles. The first-order chi connectivity index (χ1) is 10.7. The largest absolute Gasteiger partial charge is 0.368 e. The van der Waals surface area contributed by atoms with Gasteiger partial charge in [-0.1, -0.05) is 0 Å². The highest BCUT2D eigenvalue weighted by atomic mass is 32.2. The van der Waals surface area contributed by atoms with E-state index < -0.39 is 10.0 Å². The van der Waals surface area contributed by atoms with Gasteiger partial charge in [-0.05, 0) is 19.8 Å². The molecule has 8 nitrogen and oxygen atoms in total. The van der Waals surface area contributed by atoms with Crippen LogP contribution < -0.4 is 5.73 Å². The molecule has 132 valence electrons. The average molecular weight is 346 g/mol. The number of rotatable bonds is 4. The van der Waals surface area contributed by atoms with Crippen LogP contribution in [0.4, 0.5) is 0 Å². The lowest BCUT2D eigenvalue weighted by molar-refractivity contribution is -0.139. The first kappa shape index (κ1) is 18.2. The lowest BCUT2D eigenvalue weighted by Crippen LogP contribution is -2.55. The highest BCUT2D eigenvalue weighted by Gasteiger charge is 2.33. The summed E-state index contributed by atoms with van der Waals surface area (Å²) in [5.74, 6) is -0.351. The molecule has 2 fully saturated rings. The van der Waals surface area contributed by atoms with Gasteiger partial charge in [0.25, 0.3) is 0 Å². The zero-order valence-corrected chi connectivity index (χ0v) is 14.6. The number of amides is 2. The van der Waals surface area contributed by atoms with E-state index in [0.29, 0.717) is 52.1 Å². The molecule has 2 heterocycles. The standard InChI is InChI=1S/C14H26N4O4S/c1-11(13(15)19)16-7-9-17(10-8-16)14(20)12-3-5-18(6-4-12)23(2,21)22/h11-12H,3-10H2,1-2H3,(H2,15,19). The second-order valence-electron chi connectivity index (χ2n) is 6.38. The molecule has 1 unspecified atom stereocenters. The predicted octanol–water partition coefficient (Wildman–Crippen LogP) is -1.32. The van der Waals surface area contributed by atoms with Gasteiger partial charge < -0.3 is 10.6 Å². The van der Waals surface area contributed by atoms with E-state index in [-0.39, 0.29) is 23.8 Å². The van der Waals surface area contributed by atoms with Gasteiger partial charge in [-0.15, -0.1) is 0 Å². The summed E-state index contributed by atoms with van der Waals surface area (Å²) >= 11 is 0. The Labute approximate surface area is 137 Å². The monoisotopic (exact) mass is 346 g/mol. The van der Waals surface area contributed by atoms with Crippen LogP contribution >= 0.6 is 0 Å². The minimum Gasteiger partial charge on any atom is -0.368 e. The van der Waals surface area contributed by atoms with E-state index in [9.17, 15) is 18.0 Å². The van der Waals surface area contributed by atoms with Gasteiger partial charge in [0.15, 0.2) is 0 Å². The van der Waals surface area contributed by atoms with Gasteiger partial charge in [0.1, 0.15) is 0 Å². The third kappa shape index (κ3) is 4.42. The molecule has 1 atom stereocenters. The van der Waals surface area contributed by atoms with E-state index in [1.807, 2.05) is 9.80 Å². The number of primary amides is 1. The number of hydrogen-bond donors (Lipinski definition) is 1. The van der Waals surface area contributed by atoms with Crippen LogP contribution in [0.1, 0.15) is 19.8 Å². The fraction of sp³-hybridized carbons (Fsp3) is 0.857. The van der Waals surface area contributed by atoms with Crippen LogP contribution in [0.25, 0.3) is 0 Å². The molecule has 0 spiro atoms. The van der Waals surface area contributed by atoms with Gasteiger partial charge in [0, 0.05) is 45.2 Å². The van der Waals surface area contributed by atoms with Crippen molar-refractivity contribution in [3.63, 3.8) is 0 Å². The number of nitrogens with zero attached hydrogens (tertiary/aromatic N) is 3. The van der Waals surface area contributed by atoms with Gasteiger partial charge in [-0.25, -0.2) is 12.7 Å². The van der Waals surface area contributed by atoms with Crippen LogP contribution in [0.2, 0.25) is 0 Å². The minimum atomic E-state index is -3.17. The molecule has 0 aromatic carbocycles. The quantitative estimate of drug-likeness (QED) is 0.680. The van der Waals surface area contributed by atoms with E-state index in [1.54, 1.807) is 6.92 Å². The summed E-state index contributed by atoms with van der Waals surface area (Å²) in [4.78, 5) is 27.6. The maximum atomic E-state index is 12.6. The molecule has 2 amide bonds. The molecule has 0 bridgehead atoms. The molecular weight excluding hydrogens is 320 g/mol. The third-order valence-corrected chi connectivity index (χ3v) is 6.16. The SMILES string of the molecule is CC(C(N)=O)N1CCN(C(=O)C2CCN(S(C)(=O)=O)CC2)CC1. The Morgan fingerprint density at radius 3 is 2.00 bits per heavy atom. The van der Waals surface area contributed by atoms with Crippen LogP contribution in [-0.4, -0.2) is 85.9 Å². The second kappa shape index (κ2) is 7.14. The molecule has 0 aromatic rings. The Morgan fingerprint density at radius 2 is 1.57 bits per heavy atom. The van der Waals surface area contributed by atoms with Crippen molar-refractivity contribution in [2.24, 2.45) is 11.7 Å². The fourth-order valence-electron chi connectivity index (χ4n) is 3.20. The zero-order valence-electron chi connectivity index (χ0n) is 13.8. The van der Waals surface area contributed by atoms with Crippen molar-refractivity contribution in [2.45, 2.75) is 25.8 Å². The summed E-state index contributed by atoms with van der Waals surface area (Å²) in [5.41, 5.74) is 5.31. The molecular formula is C14H26N4O4S. The number of carbonyl (C=O) groups is 2. The normalized spacial score (nSPS) is 23.7. The summed E-state index contributed by atoms with van der Waals surface area (Å²) in [5, 5.41) is 0. The Morgan fingerprint density at radius 1 is 1.04 bits per heavy atom. The number of hydrogen-bond acceptors (Lipinski definition) is 5. The first-order valence-corrected chi connectivity index (χ1v) is 9.82. The summed E-state index contributed by atoms with van der Waals surface area (Å²) in [7, 11) is -3.17. The molecule has 0 saturated carbocycles. The maximum Gasteiger partial charge on any atom is 0.234 e. The Balaban J connectivity index is 1.83. The van der Waals surface area contributed by atoms with Crippen LogP contribution in [-0.2, 0) is 19.6 Å². The molecule has 0 radical (unpaired) electrons. The number of nitrogens with two attached hydrogens (primary N) is 1. The third-order valence-electron chi connectivity index (χ3n) is 4.86. The molecule has 9 heteroatoms. The zero-order chi connectivity index (χ0) is 17.2. The van der Waals surface area contributed by atoms with Gasteiger partial charge >= 0.3 is 0 Å². The smallest absolute Gasteiger partial charge is 0.234 e. The topological polar surface area (TPSA) is 104 Å². The molecule has 0 aliphatic carbocycles. The molecule has 0 aromatic heterocycles. The lowest BCUT2D eigenvalue weighted by atomic mass is 9.96. The van der Waals surface area contributed by atoms with Crippen molar-refractivity contribution in [3.05, 3.63) is 0 Å². The van der Waals surface area contributed by atoms with Crippen LogP contribution in [0.15, 0.2) is 0 Å².